The first-order valence-electron chi connectivity index (χ1n) is 15.6. The fourth-order valence-electron chi connectivity index (χ4n) is 5.75. The quantitative estimate of drug-likeness (QED) is 0.0992. The maximum Gasteiger partial charge on any atom is 0.239 e. The molecular weight excluding hydrogens is 560 g/mol. The average Bonchev–Trinajstić information content (AvgIpc) is 3.04. The van der Waals surface area contributed by atoms with E-state index in [1.165, 1.54) is 0 Å². The summed E-state index contributed by atoms with van der Waals surface area (Å²) in [6.07, 6.45) is 4.50. The van der Waals surface area contributed by atoms with Crippen LogP contribution in [-0.4, -0.2) is 23.4 Å². The highest BCUT2D eigenvalue weighted by molar-refractivity contribution is 6.15. The molecule has 228 valence electrons. The number of anilines is 2. The van der Waals surface area contributed by atoms with Crippen LogP contribution in [0.3, 0.4) is 0 Å². The maximum absolute atomic E-state index is 14.0. The van der Waals surface area contributed by atoms with Crippen LogP contribution in [0, 0.1) is 0 Å². The lowest BCUT2D eigenvalue weighted by Crippen LogP contribution is -2.29. The standard InChI is InChI=1S/C39H38N2O4/c1-27(42)12-4-2-3-5-21-37(44)40-32-24-22-30(23-25-32)38(36(43)26-31-17-10-15-28-13-6-8-18-33(28)31)39(45)41-35-20-11-16-29-14-7-9-19-34(29)35/h6-11,13-20,22-25,38H,2-5,12,21,26H2,1H3,(H,40,44)(H,41,45). The molecule has 6 heteroatoms. The van der Waals surface area contributed by atoms with Gasteiger partial charge in [0.15, 0.2) is 5.78 Å². The van der Waals surface area contributed by atoms with E-state index in [9.17, 15) is 19.2 Å². The SMILES string of the molecule is CC(=O)CCCCCCC(=O)Nc1ccc(C(C(=O)Cc2cccc3ccccc23)C(=O)Nc2cccc3ccccc23)cc1. The molecule has 0 aliphatic rings. The molecule has 1 unspecified atom stereocenters. The van der Waals surface area contributed by atoms with Gasteiger partial charge in [0, 0.05) is 36.0 Å². The number of ketones is 2. The molecule has 0 aliphatic carbocycles. The molecule has 2 amide bonds. The minimum absolute atomic E-state index is 0.0911. The number of carbonyl (C=O) groups is 4. The van der Waals surface area contributed by atoms with Gasteiger partial charge in [-0.2, -0.15) is 0 Å². The lowest BCUT2D eigenvalue weighted by Gasteiger charge is -2.18. The van der Waals surface area contributed by atoms with Crippen molar-refractivity contribution in [2.45, 2.75) is 57.8 Å². The van der Waals surface area contributed by atoms with E-state index in [1.807, 2.05) is 84.9 Å². The average molecular weight is 599 g/mol. The summed E-state index contributed by atoms with van der Waals surface area (Å²) in [5.74, 6) is -1.57. The highest BCUT2D eigenvalue weighted by Crippen LogP contribution is 2.28. The third-order valence-electron chi connectivity index (χ3n) is 8.09. The van der Waals surface area contributed by atoms with Crippen molar-refractivity contribution in [2.24, 2.45) is 0 Å². The van der Waals surface area contributed by atoms with E-state index in [0.29, 0.717) is 29.8 Å². The second-order valence-corrected chi connectivity index (χ2v) is 11.5. The molecule has 5 aromatic carbocycles. The molecule has 1 atom stereocenters. The molecule has 0 fully saturated rings. The van der Waals surface area contributed by atoms with Crippen molar-refractivity contribution in [1.29, 1.82) is 0 Å². The number of rotatable bonds is 14. The third-order valence-corrected chi connectivity index (χ3v) is 8.09. The molecule has 0 aromatic heterocycles. The number of benzene rings is 5. The number of hydrogen-bond acceptors (Lipinski definition) is 4. The van der Waals surface area contributed by atoms with Crippen molar-refractivity contribution in [2.75, 3.05) is 10.6 Å². The van der Waals surface area contributed by atoms with Crippen LogP contribution in [0.2, 0.25) is 0 Å². The van der Waals surface area contributed by atoms with Gasteiger partial charge in [0.05, 0.1) is 0 Å². The van der Waals surface area contributed by atoms with Gasteiger partial charge in [-0.25, -0.2) is 0 Å². The van der Waals surface area contributed by atoms with Gasteiger partial charge in [0.1, 0.15) is 11.7 Å². The van der Waals surface area contributed by atoms with Crippen LogP contribution >= 0.6 is 0 Å². The normalized spacial score (nSPS) is 11.7. The van der Waals surface area contributed by atoms with Crippen molar-refractivity contribution in [3.05, 3.63) is 120 Å². The van der Waals surface area contributed by atoms with Gasteiger partial charge in [-0.15, -0.1) is 0 Å². The number of Topliss-reactive ketones (excluding diaryl/α,β-unsaturated/α-hetero) is 2. The molecule has 45 heavy (non-hydrogen) atoms. The van der Waals surface area contributed by atoms with Crippen molar-refractivity contribution in [1.82, 2.24) is 0 Å². The Labute approximate surface area is 263 Å². The third kappa shape index (κ3) is 8.30. The van der Waals surface area contributed by atoms with Crippen LogP contribution in [0.25, 0.3) is 21.5 Å². The lowest BCUT2D eigenvalue weighted by molar-refractivity contribution is -0.127. The van der Waals surface area contributed by atoms with E-state index in [4.69, 9.17) is 0 Å². The smallest absolute Gasteiger partial charge is 0.239 e. The van der Waals surface area contributed by atoms with Gasteiger partial charge in [0.25, 0.3) is 0 Å². The molecule has 5 aromatic rings. The molecule has 0 saturated carbocycles. The summed E-state index contributed by atoms with van der Waals surface area (Å²) in [5.41, 5.74) is 2.67. The number of amides is 2. The van der Waals surface area contributed by atoms with Crippen LogP contribution in [0.5, 0.6) is 0 Å². The first-order chi connectivity index (χ1) is 21.9. The molecule has 6 nitrogen and oxygen atoms in total. The number of carbonyl (C=O) groups excluding carboxylic acids is 4. The first-order valence-corrected chi connectivity index (χ1v) is 15.6. The second-order valence-electron chi connectivity index (χ2n) is 11.5. The van der Waals surface area contributed by atoms with E-state index in [2.05, 4.69) is 10.6 Å². The molecular formula is C39H38N2O4. The molecule has 0 radical (unpaired) electrons. The van der Waals surface area contributed by atoms with Gasteiger partial charge < -0.3 is 15.4 Å². The van der Waals surface area contributed by atoms with Gasteiger partial charge in [-0.05, 0) is 65.3 Å². The Bertz CT molecular complexity index is 1720. The van der Waals surface area contributed by atoms with Crippen LogP contribution in [0.4, 0.5) is 11.4 Å². The zero-order chi connectivity index (χ0) is 31.6. The molecule has 0 spiro atoms. The van der Waals surface area contributed by atoms with Crippen molar-refractivity contribution >= 4 is 56.3 Å². The first kappa shape index (κ1) is 31.3. The summed E-state index contributed by atoms with van der Waals surface area (Å²) >= 11 is 0. The highest BCUT2D eigenvalue weighted by Gasteiger charge is 2.29. The monoisotopic (exact) mass is 598 g/mol. The Kier molecular flexibility index (Phi) is 10.5. The van der Waals surface area contributed by atoms with Crippen molar-refractivity contribution < 1.29 is 19.2 Å². The molecule has 0 heterocycles. The largest absolute Gasteiger partial charge is 0.326 e. The number of unbranched alkanes of at least 4 members (excludes halogenated alkanes) is 3. The van der Waals surface area contributed by atoms with Crippen LogP contribution < -0.4 is 10.6 Å². The van der Waals surface area contributed by atoms with Gasteiger partial charge in [-0.1, -0.05) is 104 Å². The van der Waals surface area contributed by atoms with Crippen LogP contribution in [0.1, 0.15) is 62.5 Å². The number of fused-ring (bicyclic) bond motifs is 2. The van der Waals surface area contributed by atoms with E-state index < -0.39 is 11.8 Å². The maximum atomic E-state index is 14.0. The summed E-state index contributed by atoms with van der Waals surface area (Å²) in [6, 6.07) is 34.2. The van der Waals surface area contributed by atoms with Crippen LogP contribution in [0.15, 0.2) is 109 Å². The van der Waals surface area contributed by atoms with E-state index >= 15 is 0 Å². The van der Waals surface area contributed by atoms with Gasteiger partial charge in [0.2, 0.25) is 11.8 Å². The minimum Gasteiger partial charge on any atom is -0.326 e. The second kappa shape index (κ2) is 15.1. The summed E-state index contributed by atoms with van der Waals surface area (Å²) in [6.45, 7) is 1.60. The Hall–Kier alpha value is -5.10. The predicted octanol–water partition coefficient (Wildman–Crippen LogP) is 8.40. The molecule has 5 rings (SSSR count). The topological polar surface area (TPSA) is 92.3 Å². The van der Waals surface area contributed by atoms with E-state index in [-0.39, 0.29) is 23.9 Å². The Balaban J connectivity index is 1.33. The van der Waals surface area contributed by atoms with E-state index in [0.717, 1.165) is 52.8 Å². The summed E-state index contributed by atoms with van der Waals surface area (Å²) in [4.78, 5) is 51.5. The summed E-state index contributed by atoms with van der Waals surface area (Å²) < 4.78 is 0. The van der Waals surface area contributed by atoms with Crippen molar-refractivity contribution in [3.8, 4) is 0 Å². The fourth-order valence-corrected chi connectivity index (χ4v) is 5.75. The predicted molar refractivity (Wildman–Crippen MR) is 181 cm³/mol. The minimum atomic E-state index is -1.05. The van der Waals surface area contributed by atoms with Gasteiger partial charge >= 0.3 is 0 Å². The lowest BCUT2D eigenvalue weighted by atomic mass is 9.88. The molecule has 0 bridgehead atoms. The van der Waals surface area contributed by atoms with Gasteiger partial charge in [-0.3, -0.25) is 14.4 Å². The number of nitrogens with one attached hydrogen (secondary N) is 2. The zero-order valence-corrected chi connectivity index (χ0v) is 25.6. The van der Waals surface area contributed by atoms with Crippen molar-refractivity contribution in [3.63, 3.8) is 0 Å². The Morgan fingerprint density at radius 3 is 1.91 bits per heavy atom. The summed E-state index contributed by atoms with van der Waals surface area (Å²) in [5, 5.41) is 9.85. The zero-order valence-electron chi connectivity index (χ0n) is 25.6. The van der Waals surface area contributed by atoms with Crippen LogP contribution in [-0.2, 0) is 25.6 Å². The number of hydrogen-bond donors (Lipinski definition) is 2. The molecule has 0 saturated heterocycles. The molecule has 0 aliphatic heterocycles. The highest BCUT2D eigenvalue weighted by atomic mass is 16.2. The Morgan fingerprint density at radius 2 is 1.20 bits per heavy atom. The fraction of sp³-hybridized carbons (Fsp3) is 0.231. The van der Waals surface area contributed by atoms with E-state index in [1.54, 1.807) is 31.2 Å². The summed E-state index contributed by atoms with van der Waals surface area (Å²) in [7, 11) is 0. The Morgan fingerprint density at radius 1 is 0.600 bits per heavy atom. The molecule has 2 N–H and O–H groups in total.